The number of alkyl carbamates (subject to hydrolysis) is 1. The third kappa shape index (κ3) is 5.67. The first-order chi connectivity index (χ1) is 10.8. The minimum Gasteiger partial charge on any atom is -0.453 e. The van der Waals surface area contributed by atoms with Gasteiger partial charge in [-0.05, 0) is 18.4 Å². The Kier molecular flexibility index (Phi) is 7.23. The number of hydrogen-bond donors (Lipinski definition) is 2. The highest BCUT2D eigenvalue weighted by Crippen LogP contribution is 2.21. The van der Waals surface area contributed by atoms with Crippen LogP contribution < -0.4 is 10.6 Å². The van der Waals surface area contributed by atoms with Crippen molar-refractivity contribution in [1.29, 1.82) is 0 Å². The summed E-state index contributed by atoms with van der Waals surface area (Å²) < 4.78 is 4.46. The third-order valence-corrected chi connectivity index (χ3v) is 4.03. The van der Waals surface area contributed by atoms with E-state index in [9.17, 15) is 9.59 Å². The molecule has 2 amide bonds. The molecular formula is C18H29N2O3+. The quantitative estimate of drug-likeness (QED) is 0.845. The van der Waals surface area contributed by atoms with Crippen LogP contribution in [0.2, 0.25) is 0 Å². The monoisotopic (exact) mass is 321 g/mol. The highest BCUT2D eigenvalue weighted by Gasteiger charge is 2.26. The molecule has 0 spiro atoms. The Bertz CT molecular complexity index is 524. The van der Waals surface area contributed by atoms with Gasteiger partial charge in [0.15, 0.2) is 6.04 Å². The molecule has 0 aromatic heterocycles. The summed E-state index contributed by atoms with van der Waals surface area (Å²) in [6, 6.07) is 8.30. The number of quaternary nitrogens is 1. The number of hydrogen-bond acceptors (Lipinski definition) is 3. The predicted molar refractivity (Wildman–Crippen MR) is 90.0 cm³/mol. The second-order valence-corrected chi connectivity index (χ2v) is 6.55. The SMILES string of the molecule is COC(=O)NC(=O)[C@@H](C)[NH2+][C@H](c1ccc(C(C)C)cc1)C(C)C. The molecule has 0 saturated carbocycles. The number of amides is 2. The van der Waals surface area contributed by atoms with Crippen molar-refractivity contribution in [3.63, 3.8) is 0 Å². The van der Waals surface area contributed by atoms with Gasteiger partial charge in [-0.15, -0.1) is 0 Å². The fraction of sp³-hybridized carbons (Fsp3) is 0.556. The van der Waals surface area contributed by atoms with Crippen LogP contribution in [-0.2, 0) is 9.53 Å². The predicted octanol–water partition coefficient (Wildman–Crippen LogP) is 2.34. The highest BCUT2D eigenvalue weighted by atomic mass is 16.5. The van der Waals surface area contributed by atoms with E-state index in [4.69, 9.17) is 0 Å². The van der Waals surface area contributed by atoms with Crippen LogP contribution in [0.4, 0.5) is 4.79 Å². The topological polar surface area (TPSA) is 72.0 Å². The third-order valence-electron chi connectivity index (χ3n) is 4.03. The molecule has 0 bridgehead atoms. The van der Waals surface area contributed by atoms with Gasteiger partial charge >= 0.3 is 6.09 Å². The first-order valence-corrected chi connectivity index (χ1v) is 8.09. The van der Waals surface area contributed by atoms with E-state index >= 15 is 0 Å². The lowest BCUT2D eigenvalue weighted by atomic mass is 9.93. The second-order valence-electron chi connectivity index (χ2n) is 6.55. The molecule has 5 nitrogen and oxygen atoms in total. The lowest BCUT2D eigenvalue weighted by molar-refractivity contribution is -0.719. The average molecular weight is 321 g/mol. The molecule has 2 atom stereocenters. The number of carbonyl (C=O) groups excluding carboxylic acids is 2. The molecule has 128 valence electrons. The van der Waals surface area contributed by atoms with Crippen LogP contribution in [0.15, 0.2) is 24.3 Å². The Morgan fingerprint density at radius 3 is 1.96 bits per heavy atom. The van der Waals surface area contributed by atoms with Gasteiger partial charge in [0.25, 0.3) is 5.91 Å². The van der Waals surface area contributed by atoms with Gasteiger partial charge in [0.05, 0.1) is 7.11 Å². The Morgan fingerprint density at radius 2 is 1.52 bits per heavy atom. The summed E-state index contributed by atoms with van der Waals surface area (Å²) in [7, 11) is 1.24. The van der Waals surface area contributed by atoms with Crippen molar-refractivity contribution in [3.8, 4) is 0 Å². The summed E-state index contributed by atoms with van der Waals surface area (Å²) in [6.45, 7) is 10.4. The van der Waals surface area contributed by atoms with Gasteiger partial charge in [-0.3, -0.25) is 10.1 Å². The zero-order valence-corrected chi connectivity index (χ0v) is 14.9. The molecule has 0 radical (unpaired) electrons. The van der Waals surface area contributed by atoms with Crippen LogP contribution in [0.3, 0.4) is 0 Å². The maximum atomic E-state index is 12.0. The number of nitrogens with one attached hydrogen (secondary N) is 1. The number of carbonyl (C=O) groups is 2. The molecule has 0 aliphatic heterocycles. The Hall–Kier alpha value is -1.88. The maximum Gasteiger partial charge on any atom is 0.413 e. The van der Waals surface area contributed by atoms with E-state index in [0.717, 1.165) is 0 Å². The van der Waals surface area contributed by atoms with Crippen LogP contribution in [0.25, 0.3) is 0 Å². The summed E-state index contributed by atoms with van der Waals surface area (Å²) >= 11 is 0. The van der Waals surface area contributed by atoms with Crippen molar-refractivity contribution in [2.75, 3.05) is 7.11 Å². The number of imide groups is 1. The van der Waals surface area contributed by atoms with Crippen molar-refractivity contribution in [2.45, 2.75) is 52.6 Å². The minimum atomic E-state index is -0.724. The molecule has 0 unspecified atom stereocenters. The van der Waals surface area contributed by atoms with E-state index in [1.165, 1.54) is 18.2 Å². The maximum absolute atomic E-state index is 12.0. The van der Waals surface area contributed by atoms with Crippen molar-refractivity contribution < 1.29 is 19.6 Å². The summed E-state index contributed by atoms with van der Waals surface area (Å²) in [6.07, 6.45) is -0.724. The molecule has 0 fully saturated rings. The van der Waals surface area contributed by atoms with E-state index in [-0.39, 0.29) is 18.0 Å². The fourth-order valence-corrected chi connectivity index (χ4v) is 2.49. The fourth-order valence-electron chi connectivity index (χ4n) is 2.49. The minimum absolute atomic E-state index is 0.148. The molecule has 23 heavy (non-hydrogen) atoms. The van der Waals surface area contributed by atoms with E-state index in [1.54, 1.807) is 6.92 Å². The van der Waals surface area contributed by atoms with E-state index < -0.39 is 6.09 Å². The van der Waals surface area contributed by atoms with E-state index in [0.29, 0.717) is 11.8 Å². The normalized spacial score (nSPS) is 13.7. The highest BCUT2D eigenvalue weighted by molar-refractivity contribution is 5.93. The molecule has 5 heteroatoms. The van der Waals surface area contributed by atoms with Gasteiger partial charge in [0.2, 0.25) is 0 Å². The molecule has 1 rings (SSSR count). The summed E-state index contributed by atoms with van der Waals surface area (Å²) in [4.78, 5) is 23.2. The van der Waals surface area contributed by atoms with Crippen molar-refractivity contribution in [3.05, 3.63) is 35.4 Å². The standard InChI is InChI=1S/C18H28N2O3/c1-11(2)14-7-9-15(10-8-14)16(12(3)4)19-13(5)17(21)20-18(22)23-6/h7-13,16,19H,1-6H3,(H,20,21,22)/p+1/t13-,16+/m1/s1. The number of methoxy groups -OCH3 is 1. The Balaban J connectivity index is 2.82. The van der Waals surface area contributed by atoms with Crippen LogP contribution in [0.5, 0.6) is 0 Å². The van der Waals surface area contributed by atoms with Gasteiger partial charge in [0.1, 0.15) is 6.04 Å². The number of benzene rings is 1. The molecular weight excluding hydrogens is 292 g/mol. The van der Waals surface area contributed by atoms with Gasteiger partial charge in [0, 0.05) is 11.5 Å². The number of rotatable bonds is 6. The van der Waals surface area contributed by atoms with Crippen LogP contribution >= 0.6 is 0 Å². The smallest absolute Gasteiger partial charge is 0.413 e. The molecule has 0 aliphatic rings. The Labute approximate surface area is 138 Å². The number of nitrogens with two attached hydrogens (primary N) is 1. The Morgan fingerprint density at radius 1 is 1.00 bits per heavy atom. The number of ether oxygens (including phenoxy) is 1. The second kappa shape index (κ2) is 8.67. The molecule has 1 aromatic carbocycles. The summed E-state index contributed by atoms with van der Waals surface area (Å²) in [5.74, 6) is 0.505. The van der Waals surface area contributed by atoms with E-state index in [2.05, 4.69) is 62.0 Å². The van der Waals surface area contributed by atoms with Crippen molar-refractivity contribution in [1.82, 2.24) is 5.32 Å². The summed E-state index contributed by atoms with van der Waals surface area (Å²) in [5.41, 5.74) is 2.48. The van der Waals surface area contributed by atoms with Crippen molar-refractivity contribution >= 4 is 12.0 Å². The molecule has 0 aliphatic carbocycles. The van der Waals surface area contributed by atoms with E-state index in [1.807, 2.05) is 5.32 Å². The molecule has 0 saturated heterocycles. The van der Waals surface area contributed by atoms with Gasteiger partial charge < -0.3 is 10.1 Å². The van der Waals surface area contributed by atoms with Crippen LogP contribution in [-0.4, -0.2) is 25.2 Å². The zero-order chi connectivity index (χ0) is 17.6. The largest absolute Gasteiger partial charge is 0.453 e. The first-order valence-electron chi connectivity index (χ1n) is 8.09. The van der Waals surface area contributed by atoms with Gasteiger partial charge in [-0.1, -0.05) is 52.0 Å². The van der Waals surface area contributed by atoms with Gasteiger partial charge in [-0.2, -0.15) is 0 Å². The molecule has 1 aromatic rings. The zero-order valence-electron chi connectivity index (χ0n) is 14.9. The summed E-state index contributed by atoms with van der Waals surface area (Å²) in [5, 5.41) is 4.21. The van der Waals surface area contributed by atoms with Gasteiger partial charge in [-0.25, -0.2) is 4.79 Å². The lowest BCUT2D eigenvalue weighted by Crippen LogP contribution is -2.93. The average Bonchev–Trinajstić information content (AvgIpc) is 2.51. The first kappa shape index (κ1) is 19.2. The lowest BCUT2D eigenvalue weighted by Gasteiger charge is -2.23. The van der Waals surface area contributed by atoms with Crippen LogP contribution in [0.1, 0.15) is 57.7 Å². The molecule has 0 heterocycles. The van der Waals surface area contributed by atoms with Crippen LogP contribution in [0, 0.1) is 5.92 Å². The molecule has 3 N–H and O–H groups in total. The van der Waals surface area contributed by atoms with Crippen molar-refractivity contribution in [2.24, 2.45) is 5.92 Å².